The molecule has 0 radical (unpaired) electrons. The molecule has 9 heteroatoms. The van der Waals surface area contributed by atoms with Gasteiger partial charge in [-0.25, -0.2) is 0 Å². The molecular formula is C27H26F6O3. The highest BCUT2D eigenvalue weighted by molar-refractivity contribution is 5.40. The van der Waals surface area contributed by atoms with Gasteiger partial charge >= 0.3 is 12.4 Å². The lowest BCUT2D eigenvalue weighted by Crippen LogP contribution is -2.55. The summed E-state index contributed by atoms with van der Waals surface area (Å²) < 4.78 is 101. The molecular weight excluding hydrogens is 486 g/mol. The number of halogens is 6. The lowest BCUT2D eigenvalue weighted by molar-refractivity contribution is -0.392. The first kappa shape index (κ1) is 27.4. The third kappa shape index (κ3) is 5.95. The molecule has 3 aromatic rings. The number of methoxy groups -OCH3 is 1. The van der Waals surface area contributed by atoms with E-state index < -0.39 is 30.1 Å². The van der Waals surface area contributed by atoms with Gasteiger partial charge in [0, 0.05) is 12.0 Å². The Bertz CT molecular complexity index is 1110. The molecule has 0 heterocycles. The first-order valence-electron chi connectivity index (χ1n) is 11.1. The van der Waals surface area contributed by atoms with Crippen LogP contribution in [0.2, 0.25) is 0 Å². The summed E-state index contributed by atoms with van der Waals surface area (Å²) in [5.41, 5.74) is -4.37. The number of benzene rings is 3. The molecule has 0 amide bonds. The van der Waals surface area contributed by atoms with Crippen molar-refractivity contribution in [3.63, 3.8) is 0 Å². The van der Waals surface area contributed by atoms with Crippen LogP contribution in [0.1, 0.15) is 29.2 Å². The molecule has 0 N–H and O–H groups in total. The maximum absolute atomic E-state index is 14.2. The quantitative estimate of drug-likeness (QED) is 0.277. The van der Waals surface area contributed by atoms with Crippen molar-refractivity contribution in [1.29, 1.82) is 0 Å². The Hall–Kier alpha value is -3.20. The van der Waals surface area contributed by atoms with Crippen molar-refractivity contribution in [2.45, 2.75) is 50.9 Å². The van der Waals surface area contributed by atoms with Gasteiger partial charge in [-0.3, -0.25) is 0 Å². The fourth-order valence-corrected chi connectivity index (χ4v) is 3.85. The predicted octanol–water partition coefficient (Wildman–Crippen LogP) is 7.55. The zero-order valence-corrected chi connectivity index (χ0v) is 19.9. The third-order valence-corrected chi connectivity index (χ3v) is 5.69. The Labute approximate surface area is 205 Å². The maximum atomic E-state index is 14.2. The van der Waals surface area contributed by atoms with Crippen LogP contribution in [-0.4, -0.2) is 25.6 Å². The van der Waals surface area contributed by atoms with E-state index >= 15 is 0 Å². The fourth-order valence-electron chi connectivity index (χ4n) is 3.85. The second kappa shape index (κ2) is 10.8. The van der Waals surface area contributed by atoms with E-state index in [9.17, 15) is 26.3 Å². The first-order valence-corrected chi connectivity index (χ1v) is 11.1. The Morgan fingerprint density at radius 2 is 1.39 bits per heavy atom. The molecule has 0 aliphatic heterocycles. The second-order valence-corrected chi connectivity index (χ2v) is 8.41. The summed E-state index contributed by atoms with van der Waals surface area (Å²) in [5.74, 6) is 0.597. The van der Waals surface area contributed by atoms with E-state index in [1.807, 2.05) is 30.3 Å². The Morgan fingerprint density at radius 1 is 0.778 bits per heavy atom. The molecule has 0 aliphatic rings. The van der Waals surface area contributed by atoms with Crippen LogP contribution >= 0.6 is 0 Å². The second-order valence-electron chi connectivity index (χ2n) is 8.41. The van der Waals surface area contributed by atoms with Gasteiger partial charge in [-0.15, -0.1) is 0 Å². The lowest BCUT2D eigenvalue weighted by atomic mass is 9.90. The highest BCUT2D eigenvalue weighted by atomic mass is 19.4. The number of ether oxygens (including phenoxy) is 3. The predicted molar refractivity (Wildman–Crippen MR) is 123 cm³/mol. The van der Waals surface area contributed by atoms with Crippen LogP contribution in [-0.2, 0) is 23.4 Å². The smallest absolute Gasteiger partial charge is 0.430 e. The third-order valence-electron chi connectivity index (χ3n) is 5.69. The summed E-state index contributed by atoms with van der Waals surface area (Å²) in [7, 11) is 1.39. The number of aryl methyl sites for hydroxylation is 1. The molecule has 0 unspecified atom stereocenters. The standard InChI is InChI=1S/C27H26F6O3/c1-18-15-22(11-14-24(18)36-19(2)16-20-7-5-4-6-8-20)25(26(28,29)30,27(31,32)33)35-17-21-9-12-23(34-3)13-10-21/h4-15,19H,16-17H2,1-3H3/t19-/m0/s1. The largest absolute Gasteiger partial charge is 0.497 e. The van der Waals surface area contributed by atoms with Gasteiger partial charge in [0.1, 0.15) is 11.5 Å². The van der Waals surface area contributed by atoms with E-state index in [2.05, 4.69) is 0 Å². The van der Waals surface area contributed by atoms with Crippen molar-refractivity contribution < 1.29 is 40.6 Å². The van der Waals surface area contributed by atoms with E-state index in [-0.39, 0.29) is 23.0 Å². The number of alkyl halides is 6. The van der Waals surface area contributed by atoms with E-state index in [0.29, 0.717) is 12.2 Å². The Balaban J connectivity index is 1.91. The summed E-state index contributed by atoms with van der Waals surface area (Å²) in [6, 6.07) is 17.6. The average molecular weight is 512 g/mol. The van der Waals surface area contributed by atoms with Crippen molar-refractivity contribution in [3.05, 3.63) is 95.1 Å². The van der Waals surface area contributed by atoms with Crippen LogP contribution in [0.25, 0.3) is 0 Å². The van der Waals surface area contributed by atoms with Gasteiger partial charge in [-0.1, -0.05) is 48.5 Å². The van der Waals surface area contributed by atoms with Crippen molar-refractivity contribution in [2.24, 2.45) is 0 Å². The zero-order valence-electron chi connectivity index (χ0n) is 19.9. The number of hydrogen-bond donors (Lipinski definition) is 0. The molecule has 36 heavy (non-hydrogen) atoms. The van der Waals surface area contributed by atoms with Gasteiger partial charge in [-0.05, 0) is 54.8 Å². The van der Waals surface area contributed by atoms with Crippen LogP contribution in [0.3, 0.4) is 0 Å². The van der Waals surface area contributed by atoms with Crippen molar-refractivity contribution >= 4 is 0 Å². The highest BCUT2D eigenvalue weighted by Crippen LogP contribution is 2.53. The summed E-state index contributed by atoms with van der Waals surface area (Å²) >= 11 is 0. The van der Waals surface area contributed by atoms with E-state index in [0.717, 1.165) is 23.8 Å². The molecule has 0 fully saturated rings. The molecule has 194 valence electrons. The zero-order chi connectivity index (χ0) is 26.6. The molecule has 0 bridgehead atoms. The summed E-state index contributed by atoms with van der Waals surface area (Å²) in [6.07, 6.45) is -11.4. The minimum absolute atomic E-state index is 0.123. The minimum atomic E-state index is -5.78. The van der Waals surface area contributed by atoms with Gasteiger partial charge < -0.3 is 14.2 Å². The van der Waals surface area contributed by atoms with Crippen molar-refractivity contribution in [1.82, 2.24) is 0 Å². The van der Waals surface area contributed by atoms with Crippen LogP contribution in [0.15, 0.2) is 72.8 Å². The number of rotatable bonds is 9. The fraction of sp³-hybridized carbons (Fsp3) is 0.333. The highest BCUT2D eigenvalue weighted by Gasteiger charge is 2.73. The average Bonchev–Trinajstić information content (AvgIpc) is 2.80. The van der Waals surface area contributed by atoms with E-state index in [4.69, 9.17) is 14.2 Å². The lowest BCUT2D eigenvalue weighted by Gasteiger charge is -2.37. The summed E-state index contributed by atoms with van der Waals surface area (Å²) in [6.45, 7) is 2.25. The van der Waals surface area contributed by atoms with Crippen LogP contribution < -0.4 is 9.47 Å². The first-order chi connectivity index (χ1) is 16.9. The monoisotopic (exact) mass is 512 g/mol. The summed E-state index contributed by atoms with van der Waals surface area (Å²) in [4.78, 5) is 0. The van der Waals surface area contributed by atoms with Crippen LogP contribution in [0.5, 0.6) is 11.5 Å². The molecule has 0 saturated carbocycles. The normalized spacial score (nSPS) is 13.4. The van der Waals surface area contributed by atoms with Crippen molar-refractivity contribution in [2.75, 3.05) is 7.11 Å². The minimum Gasteiger partial charge on any atom is -0.497 e. The molecule has 3 rings (SSSR count). The molecule has 0 saturated heterocycles. The maximum Gasteiger partial charge on any atom is 0.430 e. The molecule has 3 aromatic carbocycles. The SMILES string of the molecule is COc1ccc(COC(c2ccc(O[C@@H](C)Cc3ccccc3)c(C)c2)(C(F)(F)F)C(F)(F)F)cc1. The van der Waals surface area contributed by atoms with Gasteiger partial charge in [-0.2, -0.15) is 26.3 Å². The van der Waals surface area contributed by atoms with E-state index in [1.165, 1.54) is 38.3 Å². The van der Waals surface area contributed by atoms with Gasteiger partial charge in [0.25, 0.3) is 5.60 Å². The Morgan fingerprint density at radius 3 is 1.92 bits per heavy atom. The van der Waals surface area contributed by atoms with Gasteiger partial charge in [0.05, 0.1) is 19.8 Å². The Kier molecular flexibility index (Phi) is 8.23. The number of hydrogen-bond acceptors (Lipinski definition) is 3. The van der Waals surface area contributed by atoms with Gasteiger partial charge in [0.15, 0.2) is 0 Å². The molecule has 0 aliphatic carbocycles. The molecule has 3 nitrogen and oxygen atoms in total. The topological polar surface area (TPSA) is 27.7 Å². The van der Waals surface area contributed by atoms with Crippen LogP contribution in [0.4, 0.5) is 26.3 Å². The summed E-state index contributed by atoms with van der Waals surface area (Å²) in [5, 5.41) is 0. The van der Waals surface area contributed by atoms with Crippen LogP contribution in [0, 0.1) is 6.92 Å². The van der Waals surface area contributed by atoms with Gasteiger partial charge in [0.2, 0.25) is 0 Å². The van der Waals surface area contributed by atoms with Crippen molar-refractivity contribution in [3.8, 4) is 11.5 Å². The van der Waals surface area contributed by atoms with E-state index in [1.54, 1.807) is 6.92 Å². The molecule has 0 aromatic heterocycles. The molecule has 0 spiro atoms. The molecule has 1 atom stereocenters.